The van der Waals surface area contributed by atoms with Gasteiger partial charge in [-0.05, 0) is 45.4 Å². The Bertz CT molecular complexity index is 618. The van der Waals surface area contributed by atoms with Crippen molar-refractivity contribution in [1.82, 2.24) is 9.88 Å². The van der Waals surface area contributed by atoms with E-state index in [1.165, 1.54) is 0 Å². The molecule has 6 heteroatoms. The lowest BCUT2D eigenvalue weighted by molar-refractivity contribution is 0.0205. The molecule has 1 aliphatic heterocycles. The van der Waals surface area contributed by atoms with Crippen LogP contribution in [-0.4, -0.2) is 47.4 Å². The molecule has 1 aliphatic rings. The van der Waals surface area contributed by atoms with E-state index in [0.29, 0.717) is 11.3 Å². The number of thiazole rings is 1. The molecule has 0 aromatic carbocycles. The second-order valence-corrected chi connectivity index (χ2v) is 10.3. The molecular weight excluding hydrogens is 346 g/mol. The molecule has 2 heterocycles. The summed E-state index contributed by atoms with van der Waals surface area (Å²) in [6.07, 6.45) is 6.62. The van der Waals surface area contributed by atoms with Crippen LogP contribution in [0.3, 0.4) is 0 Å². The molecule has 0 spiro atoms. The third-order valence-corrected chi connectivity index (χ3v) is 5.34. The number of aliphatic imine (C=N–C) groups is 1. The fraction of sp³-hybridized carbons (Fsp3) is 0.750. The number of carbonyl (C=O) groups is 1. The molecule has 1 aromatic rings. The topological polar surface area (TPSA) is 54.8 Å². The highest BCUT2D eigenvalue weighted by molar-refractivity contribution is 7.13. The standard InChI is InChI=1S/C20H33N3O2S/c1-19(2,3)9-10-21-13-16-14-22-17(26-16)15-7-11-23(12-8-15)18(24)25-20(4,5)6/h13-15H,7-12H2,1-6H3. The van der Waals surface area contributed by atoms with Crippen molar-refractivity contribution < 1.29 is 9.53 Å². The summed E-state index contributed by atoms with van der Waals surface area (Å²) in [5.41, 5.74) is -0.122. The molecule has 0 radical (unpaired) electrons. The molecule has 0 aliphatic carbocycles. The van der Waals surface area contributed by atoms with Gasteiger partial charge in [0.25, 0.3) is 0 Å². The van der Waals surface area contributed by atoms with Crippen LogP contribution in [0, 0.1) is 5.41 Å². The van der Waals surface area contributed by atoms with E-state index >= 15 is 0 Å². The van der Waals surface area contributed by atoms with Crippen LogP contribution in [0.25, 0.3) is 0 Å². The van der Waals surface area contributed by atoms with Crippen LogP contribution in [0.1, 0.15) is 76.6 Å². The predicted molar refractivity (Wildman–Crippen MR) is 108 cm³/mol. The number of aromatic nitrogens is 1. The van der Waals surface area contributed by atoms with E-state index in [2.05, 4.69) is 30.7 Å². The highest BCUT2D eigenvalue weighted by Gasteiger charge is 2.28. The molecule has 26 heavy (non-hydrogen) atoms. The van der Waals surface area contributed by atoms with Crippen molar-refractivity contribution in [1.29, 1.82) is 0 Å². The summed E-state index contributed by atoms with van der Waals surface area (Å²) in [7, 11) is 0. The van der Waals surface area contributed by atoms with Gasteiger partial charge >= 0.3 is 6.09 Å². The van der Waals surface area contributed by atoms with Crippen LogP contribution in [0.2, 0.25) is 0 Å². The van der Waals surface area contributed by atoms with Gasteiger partial charge < -0.3 is 9.64 Å². The maximum atomic E-state index is 12.2. The molecule has 0 N–H and O–H groups in total. The predicted octanol–water partition coefficient (Wildman–Crippen LogP) is 5.11. The van der Waals surface area contributed by atoms with Crippen LogP contribution in [0.5, 0.6) is 0 Å². The van der Waals surface area contributed by atoms with Gasteiger partial charge in [-0.15, -0.1) is 11.3 Å². The van der Waals surface area contributed by atoms with Gasteiger partial charge in [0.1, 0.15) is 5.60 Å². The first-order chi connectivity index (χ1) is 12.0. The van der Waals surface area contributed by atoms with Gasteiger partial charge in [0.15, 0.2) is 0 Å². The highest BCUT2D eigenvalue weighted by Crippen LogP contribution is 2.31. The Morgan fingerprint density at radius 2 is 1.96 bits per heavy atom. The molecule has 0 bridgehead atoms. The molecule has 2 rings (SSSR count). The van der Waals surface area contributed by atoms with E-state index in [0.717, 1.165) is 48.8 Å². The normalized spacial score (nSPS) is 17.1. The van der Waals surface area contributed by atoms with Gasteiger partial charge in [-0.25, -0.2) is 9.78 Å². The van der Waals surface area contributed by atoms with E-state index in [1.54, 1.807) is 11.3 Å². The first-order valence-corrected chi connectivity index (χ1v) is 10.3. The summed E-state index contributed by atoms with van der Waals surface area (Å²) in [4.78, 5) is 24.2. The maximum Gasteiger partial charge on any atom is 0.410 e. The summed E-state index contributed by atoms with van der Waals surface area (Å²) in [5, 5.41) is 1.16. The molecule has 0 saturated carbocycles. The molecule has 0 atom stereocenters. The van der Waals surface area contributed by atoms with Gasteiger partial charge in [0.2, 0.25) is 0 Å². The minimum atomic E-state index is -0.440. The van der Waals surface area contributed by atoms with E-state index in [4.69, 9.17) is 4.74 Å². The van der Waals surface area contributed by atoms with E-state index in [-0.39, 0.29) is 6.09 Å². The van der Waals surface area contributed by atoms with Crippen molar-refractivity contribution in [3.8, 4) is 0 Å². The van der Waals surface area contributed by atoms with Crippen LogP contribution in [-0.2, 0) is 4.74 Å². The number of nitrogens with zero attached hydrogens (tertiary/aromatic N) is 3. The number of ether oxygens (including phenoxy) is 1. The quantitative estimate of drug-likeness (QED) is 0.683. The number of carbonyl (C=O) groups excluding carboxylic acids is 1. The molecule has 1 fully saturated rings. The van der Waals surface area contributed by atoms with Gasteiger partial charge in [-0.2, -0.15) is 0 Å². The zero-order chi connectivity index (χ0) is 19.4. The zero-order valence-corrected chi connectivity index (χ0v) is 17.9. The number of amides is 1. The maximum absolute atomic E-state index is 12.2. The van der Waals surface area contributed by atoms with Crippen LogP contribution in [0.15, 0.2) is 11.2 Å². The minimum Gasteiger partial charge on any atom is -0.444 e. The number of rotatable bonds is 4. The molecule has 1 saturated heterocycles. The largest absolute Gasteiger partial charge is 0.444 e. The average molecular weight is 380 g/mol. The van der Waals surface area contributed by atoms with Gasteiger partial charge in [0.05, 0.1) is 9.88 Å². The Morgan fingerprint density at radius 3 is 2.54 bits per heavy atom. The van der Waals surface area contributed by atoms with Gasteiger partial charge in [-0.1, -0.05) is 20.8 Å². The molecule has 1 amide bonds. The van der Waals surface area contributed by atoms with Crippen molar-refractivity contribution in [2.24, 2.45) is 10.4 Å². The lowest BCUT2D eigenvalue weighted by Gasteiger charge is -2.32. The Hall–Kier alpha value is -1.43. The molecular formula is C20H33N3O2S. The Labute approximate surface area is 161 Å². The van der Waals surface area contributed by atoms with E-state index in [9.17, 15) is 4.79 Å². The van der Waals surface area contributed by atoms with Crippen molar-refractivity contribution >= 4 is 23.6 Å². The summed E-state index contributed by atoms with van der Waals surface area (Å²) < 4.78 is 5.46. The number of hydrogen-bond donors (Lipinski definition) is 0. The monoisotopic (exact) mass is 379 g/mol. The first kappa shape index (κ1) is 20.9. The smallest absolute Gasteiger partial charge is 0.410 e. The Balaban J connectivity index is 1.82. The molecule has 1 aromatic heterocycles. The molecule has 5 nitrogen and oxygen atoms in total. The van der Waals surface area contributed by atoms with Crippen LogP contribution < -0.4 is 0 Å². The summed E-state index contributed by atoms with van der Waals surface area (Å²) in [5.74, 6) is 0.426. The second kappa shape index (κ2) is 8.51. The summed E-state index contributed by atoms with van der Waals surface area (Å²) in [6, 6.07) is 0. The second-order valence-electron chi connectivity index (χ2n) is 9.19. The van der Waals surface area contributed by atoms with Gasteiger partial charge in [0, 0.05) is 38.0 Å². The van der Waals surface area contributed by atoms with Crippen LogP contribution >= 0.6 is 11.3 Å². The van der Waals surface area contributed by atoms with Crippen molar-refractivity contribution in [3.05, 3.63) is 16.1 Å². The van der Waals surface area contributed by atoms with Crippen molar-refractivity contribution in [2.45, 2.75) is 72.3 Å². The summed E-state index contributed by atoms with van der Waals surface area (Å²) in [6.45, 7) is 14.7. The third-order valence-electron chi connectivity index (χ3n) is 4.25. The first-order valence-electron chi connectivity index (χ1n) is 9.47. The highest BCUT2D eigenvalue weighted by atomic mass is 32.1. The SMILES string of the molecule is CC(C)(C)CCN=Cc1cnc(C2CCN(C(=O)OC(C)(C)C)CC2)s1. The molecule has 146 valence electrons. The van der Waals surface area contributed by atoms with E-state index in [1.807, 2.05) is 38.1 Å². The number of piperidine rings is 1. The molecule has 0 unspecified atom stereocenters. The lowest BCUT2D eigenvalue weighted by atomic mass is 9.93. The minimum absolute atomic E-state index is 0.207. The average Bonchev–Trinajstić information content (AvgIpc) is 2.98. The third kappa shape index (κ3) is 7.06. The van der Waals surface area contributed by atoms with Crippen molar-refractivity contribution in [2.75, 3.05) is 19.6 Å². The Morgan fingerprint density at radius 1 is 1.31 bits per heavy atom. The lowest BCUT2D eigenvalue weighted by Crippen LogP contribution is -2.41. The van der Waals surface area contributed by atoms with Crippen molar-refractivity contribution in [3.63, 3.8) is 0 Å². The number of likely N-dealkylation sites (tertiary alicyclic amines) is 1. The fourth-order valence-electron chi connectivity index (χ4n) is 2.74. The van der Waals surface area contributed by atoms with Crippen LogP contribution in [0.4, 0.5) is 4.79 Å². The van der Waals surface area contributed by atoms with E-state index < -0.39 is 5.60 Å². The Kier molecular flexibility index (Phi) is 6.83. The fourth-order valence-corrected chi connectivity index (χ4v) is 3.72. The number of hydrogen-bond acceptors (Lipinski definition) is 5. The van der Waals surface area contributed by atoms with Gasteiger partial charge in [-0.3, -0.25) is 4.99 Å². The summed E-state index contributed by atoms with van der Waals surface area (Å²) >= 11 is 1.72. The zero-order valence-electron chi connectivity index (χ0n) is 17.0.